The van der Waals surface area contributed by atoms with Gasteiger partial charge in [0.05, 0.1) is 18.1 Å². The fraction of sp³-hybridized carbons (Fsp3) is 0.917. The number of aliphatic hydroxyl groups is 1. The van der Waals surface area contributed by atoms with E-state index in [1.807, 2.05) is 0 Å². The van der Waals surface area contributed by atoms with Gasteiger partial charge in [-0.1, -0.05) is 12.8 Å². The summed E-state index contributed by atoms with van der Waals surface area (Å²) in [6, 6.07) is 0. The quantitative estimate of drug-likeness (QED) is 0.775. The smallest absolute Gasteiger partial charge is 0.227 e. The van der Waals surface area contributed by atoms with Crippen molar-refractivity contribution >= 4 is 5.91 Å². The maximum atomic E-state index is 12.0. The van der Waals surface area contributed by atoms with Gasteiger partial charge in [-0.2, -0.15) is 0 Å². The van der Waals surface area contributed by atoms with Gasteiger partial charge in [0.15, 0.2) is 0 Å². The van der Waals surface area contributed by atoms with Gasteiger partial charge in [0.1, 0.15) is 0 Å². The molecule has 0 spiro atoms. The summed E-state index contributed by atoms with van der Waals surface area (Å²) in [6.45, 7) is 1.71. The van der Waals surface area contributed by atoms with Crippen molar-refractivity contribution in [3.63, 3.8) is 0 Å². The highest BCUT2D eigenvalue weighted by Crippen LogP contribution is 2.30. The number of likely N-dealkylation sites (N-methyl/N-ethyl adjacent to an activating group) is 1. The van der Waals surface area contributed by atoms with Crippen molar-refractivity contribution in [2.75, 3.05) is 26.8 Å². The molecule has 1 aliphatic carbocycles. The molecule has 0 bridgehead atoms. The number of ether oxygens (including phenoxy) is 1. The van der Waals surface area contributed by atoms with Crippen LogP contribution in [0.1, 0.15) is 32.1 Å². The van der Waals surface area contributed by atoms with Crippen LogP contribution in [-0.4, -0.2) is 48.3 Å². The fourth-order valence-electron chi connectivity index (χ4n) is 2.75. The lowest BCUT2D eigenvalue weighted by atomic mass is 10.0. The summed E-state index contributed by atoms with van der Waals surface area (Å²) in [7, 11) is 1.79. The normalized spacial score (nSPS) is 28.2. The van der Waals surface area contributed by atoms with E-state index in [1.54, 1.807) is 11.9 Å². The van der Waals surface area contributed by atoms with Crippen LogP contribution in [-0.2, 0) is 9.53 Å². The molecule has 2 rings (SSSR count). The van der Waals surface area contributed by atoms with E-state index in [1.165, 1.54) is 0 Å². The van der Waals surface area contributed by atoms with Crippen molar-refractivity contribution in [1.82, 2.24) is 4.90 Å². The number of carbonyl (C=O) groups excluding carboxylic acids is 1. The van der Waals surface area contributed by atoms with Gasteiger partial charge in [-0.25, -0.2) is 0 Å². The monoisotopic (exact) mass is 227 g/mol. The van der Waals surface area contributed by atoms with E-state index in [0.717, 1.165) is 32.1 Å². The molecule has 16 heavy (non-hydrogen) atoms. The van der Waals surface area contributed by atoms with Crippen LogP contribution in [0, 0.1) is 5.92 Å². The minimum atomic E-state index is -0.635. The zero-order valence-electron chi connectivity index (χ0n) is 9.95. The minimum Gasteiger partial charge on any atom is -0.388 e. The summed E-state index contributed by atoms with van der Waals surface area (Å²) in [6.07, 6.45) is 4.62. The van der Waals surface area contributed by atoms with Gasteiger partial charge in [0, 0.05) is 20.2 Å². The Morgan fingerprint density at radius 1 is 1.50 bits per heavy atom. The van der Waals surface area contributed by atoms with Crippen LogP contribution in [0.15, 0.2) is 0 Å². The lowest BCUT2D eigenvalue weighted by Gasteiger charge is -2.29. The lowest BCUT2D eigenvalue weighted by molar-refractivity contribution is -0.137. The molecule has 1 atom stereocenters. The Hall–Kier alpha value is -0.610. The molecule has 1 saturated heterocycles. The van der Waals surface area contributed by atoms with Gasteiger partial charge in [-0.15, -0.1) is 0 Å². The van der Waals surface area contributed by atoms with Gasteiger partial charge >= 0.3 is 0 Å². The third-order valence-corrected chi connectivity index (χ3v) is 3.72. The molecule has 2 aliphatic rings. The Morgan fingerprint density at radius 3 is 2.75 bits per heavy atom. The first-order valence-electron chi connectivity index (χ1n) is 6.16. The van der Waals surface area contributed by atoms with Gasteiger partial charge in [0.2, 0.25) is 5.91 Å². The van der Waals surface area contributed by atoms with Crippen LogP contribution in [0.2, 0.25) is 0 Å². The number of nitrogens with zero attached hydrogens (tertiary/aromatic N) is 1. The molecule has 0 aromatic rings. The molecule has 0 radical (unpaired) electrons. The van der Waals surface area contributed by atoms with E-state index in [0.29, 0.717) is 19.8 Å². The Labute approximate surface area is 96.6 Å². The first kappa shape index (κ1) is 11.9. The topological polar surface area (TPSA) is 49.8 Å². The van der Waals surface area contributed by atoms with Crippen molar-refractivity contribution in [2.45, 2.75) is 37.7 Å². The third-order valence-electron chi connectivity index (χ3n) is 3.72. The second kappa shape index (κ2) is 4.72. The summed E-state index contributed by atoms with van der Waals surface area (Å²) in [5.74, 6) is 0.132. The van der Waals surface area contributed by atoms with Crippen molar-refractivity contribution in [3.05, 3.63) is 0 Å². The SMILES string of the molecule is CN(CC1(O)CCCC1)C(=O)C1CCOC1. The van der Waals surface area contributed by atoms with Crippen LogP contribution in [0.3, 0.4) is 0 Å². The molecule has 0 aromatic carbocycles. The van der Waals surface area contributed by atoms with Gasteiger partial charge in [-0.3, -0.25) is 4.79 Å². The Bertz CT molecular complexity index is 255. The molecule has 0 aromatic heterocycles. The highest BCUT2D eigenvalue weighted by Gasteiger charge is 2.35. The Kier molecular flexibility index (Phi) is 3.50. The first-order valence-corrected chi connectivity index (χ1v) is 6.16. The predicted molar refractivity (Wildman–Crippen MR) is 60.0 cm³/mol. The highest BCUT2D eigenvalue weighted by atomic mass is 16.5. The van der Waals surface area contributed by atoms with E-state index in [9.17, 15) is 9.90 Å². The summed E-state index contributed by atoms with van der Waals surface area (Å²) in [5, 5.41) is 10.2. The molecule has 1 unspecified atom stereocenters. The number of hydrogen-bond acceptors (Lipinski definition) is 3. The number of amides is 1. The van der Waals surface area contributed by atoms with Gasteiger partial charge in [0.25, 0.3) is 0 Å². The van der Waals surface area contributed by atoms with Crippen LogP contribution in [0.4, 0.5) is 0 Å². The molecular formula is C12H21NO3. The standard InChI is InChI=1S/C12H21NO3/c1-13(9-12(15)5-2-3-6-12)11(14)10-4-7-16-8-10/h10,15H,2-9H2,1H3. The largest absolute Gasteiger partial charge is 0.388 e. The maximum absolute atomic E-state index is 12.0. The Balaban J connectivity index is 1.86. The van der Waals surface area contributed by atoms with Crippen molar-refractivity contribution in [2.24, 2.45) is 5.92 Å². The lowest BCUT2D eigenvalue weighted by Crippen LogP contribution is -2.44. The molecule has 1 saturated carbocycles. The summed E-state index contributed by atoms with van der Waals surface area (Å²) >= 11 is 0. The van der Waals surface area contributed by atoms with Gasteiger partial charge in [-0.05, 0) is 19.3 Å². The molecule has 1 amide bonds. The zero-order chi connectivity index (χ0) is 11.6. The molecule has 4 heteroatoms. The first-order chi connectivity index (χ1) is 7.61. The maximum Gasteiger partial charge on any atom is 0.227 e. The van der Waals surface area contributed by atoms with Crippen LogP contribution < -0.4 is 0 Å². The average Bonchev–Trinajstić information content (AvgIpc) is 2.87. The number of carbonyl (C=O) groups is 1. The summed E-state index contributed by atoms with van der Waals surface area (Å²) < 4.78 is 5.21. The van der Waals surface area contributed by atoms with Crippen molar-refractivity contribution in [3.8, 4) is 0 Å². The molecule has 2 fully saturated rings. The number of hydrogen-bond donors (Lipinski definition) is 1. The molecule has 1 N–H and O–H groups in total. The van der Waals surface area contributed by atoms with E-state index in [-0.39, 0.29) is 11.8 Å². The third kappa shape index (κ3) is 2.55. The van der Waals surface area contributed by atoms with Crippen LogP contribution in [0.5, 0.6) is 0 Å². The molecule has 4 nitrogen and oxygen atoms in total. The van der Waals surface area contributed by atoms with Crippen LogP contribution in [0.25, 0.3) is 0 Å². The molecule has 1 heterocycles. The highest BCUT2D eigenvalue weighted by molar-refractivity contribution is 5.79. The summed E-state index contributed by atoms with van der Waals surface area (Å²) in [5.41, 5.74) is -0.635. The predicted octanol–water partition coefficient (Wildman–Crippen LogP) is 0.786. The average molecular weight is 227 g/mol. The van der Waals surface area contributed by atoms with E-state index >= 15 is 0 Å². The van der Waals surface area contributed by atoms with Crippen molar-refractivity contribution in [1.29, 1.82) is 0 Å². The van der Waals surface area contributed by atoms with Gasteiger partial charge < -0.3 is 14.7 Å². The molecule has 92 valence electrons. The Morgan fingerprint density at radius 2 is 2.19 bits per heavy atom. The van der Waals surface area contributed by atoms with E-state index in [2.05, 4.69) is 0 Å². The van der Waals surface area contributed by atoms with Crippen molar-refractivity contribution < 1.29 is 14.6 Å². The second-order valence-corrected chi connectivity index (χ2v) is 5.19. The van der Waals surface area contributed by atoms with E-state index < -0.39 is 5.60 Å². The van der Waals surface area contributed by atoms with E-state index in [4.69, 9.17) is 4.74 Å². The zero-order valence-corrected chi connectivity index (χ0v) is 9.95. The fourth-order valence-corrected chi connectivity index (χ4v) is 2.75. The minimum absolute atomic E-state index is 0.00926. The summed E-state index contributed by atoms with van der Waals surface area (Å²) in [4.78, 5) is 13.7. The van der Waals surface area contributed by atoms with Crippen LogP contribution >= 0.6 is 0 Å². The second-order valence-electron chi connectivity index (χ2n) is 5.19. The molecular weight excluding hydrogens is 206 g/mol. The number of rotatable bonds is 3. The molecule has 1 aliphatic heterocycles.